The van der Waals surface area contributed by atoms with Crippen molar-refractivity contribution in [3.05, 3.63) is 52.2 Å². The van der Waals surface area contributed by atoms with E-state index in [9.17, 15) is 4.79 Å². The highest BCUT2D eigenvalue weighted by Gasteiger charge is 2.14. The molecule has 0 spiro atoms. The SMILES string of the molecule is Cc1cn(C)c(=O)n1-c1cccc(CC2CCNCC2)c1. The van der Waals surface area contributed by atoms with Crippen molar-refractivity contribution in [1.82, 2.24) is 14.5 Å². The first-order valence-corrected chi connectivity index (χ1v) is 7.70. The average molecular weight is 285 g/mol. The van der Waals surface area contributed by atoms with Crippen LogP contribution < -0.4 is 11.0 Å². The summed E-state index contributed by atoms with van der Waals surface area (Å²) in [7, 11) is 1.80. The van der Waals surface area contributed by atoms with Crippen LogP contribution in [0.1, 0.15) is 24.1 Å². The van der Waals surface area contributed by atoms with E-state index in [0.29, 0.717) is 0 Å². The summed E-state index contributed by atoms with van der Waals surface area (Å²) in [5.41, 5.74) is 3.30. The van der Waals surface area contributed by atoms with Gasteiger partial charge in [-0.15, -0.1) is 0 Å². The molecule has 0 bridgehead atoms. The molecule has 0 amide bonds. The van der Waals surface area contributed by atoms with Crippen LogP contribution >= 0.6 is 0 Å². The van der Waals surface area contributed by atoms with Gasteiger partial charge in [0.05, 0.1) is 5.69 Å². The van der Waals surface area contributed by atoms with Crippen LogP contribution in [0, 0.1) is 12.8 Å². The second kappa shape index (κ2) is 5.90. The molecule has 21 heavy (non-hydrogen) atoms. The Kier molecular flexibility index (Phi) is 3.97. The molecule has 0 saturated carbocycles. The average Bonchev–Trinajstić information content (AvgIpc) is 2.73. The van der Waals surface area contributed by atoms with Gasteiger partial charge in [0.1, 0.15) is 0 Å². The summed E-state index contributed by atoms with van der Waals surface area (Å²) in [4.78, 5) is 12.2. The maximum Gasteiger partial charge on any atom is 0.332 e. The zero-order valence-electron chi connectivity index (χ0n) is 12.8. The van der Waals surface area contributed by atoms with Gasteiger partial charge < -0.3 is 9.88 Å². The summed E-state index contributed by atoms with van der Waals surface area (Å²) in [6.45, 7) is 4.23. The van der Waals surface area contributed by atoms with Crippen LogP contribution in [-0.2, 0) is 13.5 Å². The molecule has 2 aromatic rings. The fraction of sp³-hybridized carbons (Fsp3) is 0.471. The lowest BCUT2D eigenvalue weighted by molar-refractivity contribution is 0.372. The number of aryl methyl sites for hydroxylation is 2. The predicted octanol–water partition coefficient (Wildman–Crippen LogP) is 2.03. The molecule has 3 rings (SSSR count). The van der Waals surface area contributed by atoms with Crippen LogP contribution in [0.3, 0.4) is 0 Å². The van der Waals surface area contributed by atoms with E-state index in [2.05, 4.69) is 23.5 Å². The summed E-state index contributed by atoms with van der Waals surface area (Å²) in [5.74, 6) is 0.759. The lowest BCUT2D eigenvalue weighted by Crippen LogP contribution is -2.28. The lowest BCUT2D eigenvalue weighted by atomic mass is 9.91. The number of nitrogens with one attached hydrogen (secondary N) is 1. The Morgan fingerprint density at radius 2 is 2.05 bits per heavy atom. The molecular formula is C17H23N3O. The molecule has 1 N–H and O–H groups in total. The highest BCUT2D eigenvalue weighted by Crippen LogP contribution is 2.20. The Hall–Kier alpha value is -1.81. The lowest BCUT2D eigenvalue weighted by Gasteiger charge is -2.22. The third kappa shape index (κ3) is 2.95. The van der Waals surface area contributed by atoms with E-state index in [1.807, 2.05) is 19.2 Å². The topological polar surface area (TPSA) is 39.0 Å². The number of benzene rings is 1. The van der Waals surface area contributed by atoms with Crippen molar-refractivity contribution in [2.45, 2.75) is 26.2 Å². The Labute approximate surface area is 125 Å². The summed E-state index contributed by atoms with van der Waals surface area (Å²) >= 11 is 0. The number of piperidine rings is 1. The standard InChI is InChI=1S/C17H23N3O/c1-13-12-19(2)17(21)20(13)16-5-3-4-15(11-16)10-14-6-8-18-9-7-14/h3-5,11-12,14,18H,6-10H2,1-2H3. The molecule has 4 heteroatoms. The largest absolute Gasteiger partial charge is 0.332 e. The molecule has 1 aliphatic heterocycles. The van der Waals surface area contributed by atoms with Crippen LogP contribution in [0.5, 0.6) is 0 Å². The Morgan fingerprint density at radius 1 is 1.29 bits per heavy atom. The highest BCUT2D eigenvalue weighted by molar-refractivity contribution is 5.37. The third-order valence-electron chi connectivity index (χ3n) is 4.38. The fourth-order valence-electron chi connectivity index (χ4n) is 3.26. The van der Waals surface area contributed by atoms with E-state index in [1.54, 1.807) is 16.2 Å². The van der Waals surface area contributed by atoms with Gasteiger partial charge in [-0.25, -0.2) is 4.79 Å². The van der Waals surface area contributed by atoms with Crippen molar-refractivity contribution in [2.75, 3.05) is 13.1 Å². The molecule has 0 radical (unpaired) electrons. The first kappa shape index (κ1) is 14.1. The maximum atomic E-state index is 12.2. The second-order valence-corrected chi connectivity index (χ2v) is 6.07. The van der Waals surface area contributed by atoms with Gasteiger partial charge in [-0.3, -0.25) is 4.57 Å². The van der Waals surface area contributed by atoms with Gasteiger partial charge in [-0.1, -0.05) is 12.1 Å². The van der Waals surface area contributed by atoms with Crippen molar-refractivity contribution in [3.63, 3.8) is 0 Å². The Bertz CT molecular complexity index is 678. The molecule has 1 fully saturated rings. The van der Waals surface area contributed by atoms with Crippen molar-refractivity contribution >= 4 is 0 Å². The van der Waals surface area contributed by atoms with Gasteiger partial charge in [0.25, 0.3) is 0 Å². The summed E-state index contributed by atoms with van der Waals surface area (Å²) in [6.07, 6.45) is 5.47. The van der Waals surface area contributed by atoms with Gasteiger partial charge >= 0.3 is 5.69 Å². The van der Waals surface area contributed by atoms with E-state index < -0.39 is 0 Å². The summed E-state index contributed by atoms with van der Waals surface area (Å²) in [5, 5.41) is 3.41. The van der Waals surface area contributed by atoms with Gasteiger partial charge in [-0.2, -0.15) is 0 Å². The van der Waals surface area contributed by atoms with Gasteiger partial charge in [0, 0.05) is 18.9 Å². The normalized spacial score (nSPS) is 16.3. The minimum Gasteiger partial charge on any atom is -0.317 e. The molecule has 112 valence electrons. The van der Waals surface area contributed by atoms with Crippen molar-refractivity contribution < 1.29 is 0 Å². The van der Waals surface area contributed by atoms with E-state index in [0.717, 1.165) is 36.8 Å². The van der Waals surface area contributed by atoms with Gasteiger partial charge in [0.15, 0.2) is 0 Å². The number of aromatic nitrogens is 2. The maximum absolute atomic E-state index is 12.2. The minimum atomic E-state index is 0.0199. The van der Waals surface area contributed by atoms with Crippen LogP contribution in [0.25, 0.3) is 5.69 Å². The number of hydrogen-bond acceptors (Lipinski definition) is 2. The molecule has 1 aromatic heterocycles. The zero-order valence-corrected chi connectivity index (χ0v) is 12.8. The molecule has 1 saturated heterocycles. The van der Waals surface area contributed by atoms with E-state index in [4.69, 9.17) is 0 Å². The minimum absolute atomic E-state index is 0.0199. The number of nitrogens with zero attached hydrogens (tertiary/aromatic N) is 2. The molecule has 0 unspecified atom stereocenters. The first-order chi connectivity index (χ1) is 10.1. The fourth-order valence-corrected chi connectivity index (χ4v) is 3.26. The van der Waals surface area contributed by atoms with Crippen LogP contribution in [0.4, 0.5) is 0 Å². The smallest absolute Gasteiger partial charge is 0.317 e. The predicted molar refractivity (Wildman–Crippen MR) is 85.0 cm³/mol. The first-order valence-electron chi connectivity index (χ1n) is 7.70. The molecule has 1 aromatic carbocycles. The van der Waals surface area contributed by atoms with E-state index in [1.165, 1.54) is 18.4 Å². The molecule has 2 heterocycles. The molecular weight excluding hydrogens is 262 g/mol. The highest BCUT2D eigenvalue weighted by atomic mass is 16.1. The quantitative estimate of drug-likeness (QED) is 0.937. The summed E-state index contributed by atoms with van der Waals surface area (Å²) in [6, 6.07) is 8.41. The second-order valence-electron chi connectivity index (χ2n) is 6.07. The third-order valence-corrected chi connectivity index (χ3v) is 4.38. The number of imidazole rings is 1. The van der Waals surface area contributed by atoms with Crippen LogP contribution in [0.2, 0.25) is 0 Å². The number of hydrogen-bond donors (Lipinski definition) is 1. The van der Waals surface area contributed by atoms with Crippen molar-refractivity contribution in [3.8, 4) is 5.69 Å². The molecule has 0 atom stereocenters. The number of rotatable bonds is 3. The zero-order chi connectivity index (χ0) is 14.8. The van der Waals surface area contributed by atoms with Crippen LogP contribution in [-0.4, -0.2) is 22.2 Å². The molecule has 1 aliphatic rings. The van der Waals surface area contributed by atoms with E-state index in [-0.39, 0.29) is 5.69 Å². The van der Waals surface area contributed by atoms with Gasteiger partial charge in [0.2, 0.25) is 0 Å². The Morgan fingerprint density at radius 3 is 2.71 bits per heavy atom. The van der Waals surface area contributed by atoms with E-state index >= 15 is 0 Å². The van der Waals surface area contributed by atoms with Crippen LogP contribution in [0.15, 0.2) is 35.3 Å². The van der Waals surface area contributed by atoms with Gasteiger partial charge in [-0.05, 0) is 62.9 Å². The van der Waals surface area contributed by atoms with Crippen molar-refractivity contribution in [2.24, 2.45) is 13.0 Å². The van der Waals surface area contributed by atoms with Crippen molar-refractivity contribution in [1.29, 1.82) is 0 Å². The molecule has 4 nitrogen and oxygen atoms in total. The monoisotopic (exact) mass is 285 g/mol. The Balaban J connectivity index is 1.87. The summed E-state index contributed by atoms with van der Waals surface area (Å²) < 4.78 is 3.42. The molecule has 0 aliphatic carbocycles.